The average Bonchev–Trinajstić information content (AvgIpc) is 2.94. The Balaban J connectivity index is 1.48. The molecule has 5 rings (SSSR count). The minimum Gasteiger partial charge on any atom is -0.493 e. The third kappa shape index (κ3) is 4.91. The van der Waals surface area contributed by atoms with Crippen molar-refractivity contribution in [2.24, 2.45) is 11.3 Å². The van der Waals surface area contributed by atoms with Gasteiger partial charge in [-0.3, -0.25) is 19.9 Å². The van der Waals surface area contributed by atoms with E-state index in [2.05, 4.69) is 24.5 Å². The highest BCUT2D eigenvalue weighted by Gasteiger charge is 2.46. The number of benzene rings is 2. The van der Waals surface area contributed by atoms with E-state index < -0.39 is 11.6 Å². The zero-order chi connectivity index (χ0) is 28.7. The summed E-state index contributed by atoms with van der Waals surface area (Å²) in [6.45, 7) is 9.39. The topological polar surface area (TPSA) is 113 Å². The summed E-state index contributed by atoms with van der Waals surface area (Å²) in [5.74, 6) is 0.918. The maximum absolute atomic E-state index is 13.7. The fourth-order valence-electron chi connectivity index (χ4n) is 6.23. The Labute approximate surface area is 236 Å². The Kier molecular flexibility index (Phi) is 7.52. The lowest BCUT2D eigenvalue weighted by Crippen LogP contribution is -2.63. The molecule has 0 unspecified atom stereocenters. The molecule has 0 radical (unpaired) electrons. The number of methoxy groups -OCH3 is 1. The number of carbonyl (C=O) groups excluding carboxylic acids is 2. The van der Waals surface area contributed by atoms with E-state index in [0.29, 0.717) is 43.1 Å². The van der Waals surface area contributed by atoms with E-state index in [1.807, 2.05) is 38.1 Å². The minimum absolute atomic E-state index is 0.0781. The van der Waals surface area contributed by atoms with Crippen molar-refractivity contribution in [3.8, 4) is 11.5 Å². The Morgan fingerprint density at radius 1 is 1.12 bits per heavy atom. The number of amides is 2. The summed E-state index contributed by atoms with van der Waals surface area (Å²) in [4.78, 5) is 28.9. The Bertz CT molecular complexity index is 1280. The third-order valence-corrected chi connectivity index (χ3v) is 8.77. The second kappa shape index (κ2) is 10.8. The summed E-state index contributed by atoms with van der Waals surface area (Å²) >= 11 is 0. The molecule has 1 fully saturated rings. The first-order valence-electron chi connectivity index (χ1n) is 14.1. The van der Waals surface area contributed by atoms with Crippen molar-refractivity contribution in [2.75, 3.05) is 26.9 Å². The molecular weight excluding hydrogens is 508 g/mol. The molecule has 0 aromatic heterocycles. The molecule has 3 atom stereocenters. The van der Waals surface area contributed by atoms with Crippen LogP contribution >= 0.6 is 0 Å². The lowest BCUT2D eigenvalue weighted by molar-refractivity contribution is -0.134. The smallest absolute Gasteiger partial charge is 0.251 e. The van der Waals surface area contributed by atoms with Crippen molar-refractivity contribution in [2.45, 2.75) is 64.6 Å². The summed E-state index contributed by atoms with van der Waals surface area (Å²) in [5, 5.41) is 15.4. The van der Waals surface area contributed by atoms with Crippen molar-refractivity contribution in [1.82, 2.24) is 15.5 Å². The molecule has 0 spiro atoms. The van der Waals surface area contributed by atoms with E-state index in [1.54, 1.807) is 25.3 Å². The van der Waals surface area contributed by atoms with Gasteiger partial charge in [0.1, 0.15) is 11.5 Å². The molecule has 0 aliphatic carbocycles. The predicted octanol–water partition coefficient (Wildman–Crippen LogP) is 4.59. The van der Waals surface area contributed by atoms with Crippen LogP contribution in [0.3, 0.4) is 0 Å². The van der Waals surface area contributed by atoms with Crippen LogP contribution in [0.25, 0.3) is 0 Å². The van der Waals surface area contributed by atoms with Gasteiger partial charge in [-0.25, -0.2) is 0 Å². The van der Waals surface area contributed by atoms with Crippen LogP contribution in [0.5, 0.6) is 11.5 Å². The number of guanidine groups is 1. The first-order chi connectivity index (χ1) is 19.1. The van der Waals surface area contributed by atoms with E-state index >= 15 is 0 Å². The van der Waals surface area contributed by atoms with Gasteiger partial charge in [0.05, 0.1) is 38.3 Å². The second-order valence-corrected chi connectivity index (χ2v) is 11.8. The Morgan fingerprint density at radius 2 is 1.85 bits per heavy atom. The van der Waals surface area contributed by atoms with Crippen LogP contribution in [0.2, 0.25) is 0 Å². The number of nitrogens with zero attached hydrogens (tertiary/aromatic N) is 1. The van der Waals surface area contributed by atoms with Crippen molar-refractivity contribution < 1.29 is 23.8 Å². The standard InChI is InChI=1S/C31H40N4O5/c1-6-31(7-2)15-25(36)35(29(32)34-31)26-20(16-38-5)17-39-24-13-12-19(14-22(24)26)28(37)33-27-21-10-8-9-11-23(21)40-18-30(27,3)4/h8-14,20,26-27H,6-7,15-18H2,1-5H3,(H2,32,34)(H,33,37)/t20-,26+,27+/m0/s1. The summed E-state index contributed by atoms with van der Waals surface area (Å²) in [7, 11) is 1.62. The van der Waals surface area contributed by atoms with E-state index in [0.717, 1.165) is 24.2 Å². The number of nitrogens with one attached hydrogen (secondary N) is 3. The number of fused-ring (bicyclic) bond motifs is 2. The van der Waals surface area contributed by atoms with E-state index in [-0.39, 0.29) is 35.1 Å². The van der Waals surface area contributed by atoms with Crippen molar-refractivity contribution in [3.05, 3.63) is 59.2 Å². The maximum atomic E-state index is 13.7. The van der Waals surface area contributed by atoms with Crippen LogP contribution in [-0.2, 0) is 9.53 Å². The van der Waals surface area contributed by atoms with Gasteiger partial charge in [-0.1, -0.05) is 45.9 Å². The highest BCUT2D eigenvalue weighted by Crippen LogP contribution is 2.44. The monoisotopic (exact) mass is 548 g/mol. The molecule has 0 saturated carbocycles. The zero-order valence-electron chi connectivity index (χ0n) is 24.0. The van der Waals surface area contributed by atoms with Gasteiger partial charge in [-0.05, 0) is 37.1 Å². The van der Waals surface area contributed by atoms with Crippen LogP contribution in [0, 0.1) is 16.7 Å². The highest BCUT2D eigenvalue weighted by atomic mass is 16.5. The SMILES string of the molecule is CCC1(CC)CC(=O)N([C@H]2c3cc(C(=O)N[C@@H]4c5ccccc5OCC4(C)C)ccc3OC[C@@H]2COC)C(=N)N1. The highest BCUT2D eigenvalue weighted by molar-refractivity contribution is 6.00. The summed E-state index contributed by atoms with van der Waals surface area (Å²) in [5.41, 5.74) is 1.36. The van der Waals surface area contributed by atoms with Crippen molar-refractivity contribution in [3.63, 3.8) is 0 Å². The summed E-state index contributed by atoms with van der Waals surface area (Å²) < 4.78 is 17.5. The molecule has 9 heteroatoms. The van der Waals surface area contributed by atoms with E-state index in [1.165, 1.54) is 4.90 Å². The second-order valence-electron chi connectivity index (χ2n) is 11.8. The molecule has 3 aliphatic rings. The summed E-state index contributed by atoms with van der Waals surface area (Å²) in [6.07, 6.45) is 1.79. The van der Waals surface area contributed by atoms with Gasteiger partial charge in [0, 0.05) is 40.7 Å². The molecule has 3 aliphatic heterocycles. The lowest BCUT2D eigenvalue weighted by Gasteiger charge is -2.47. The Hall–Kier alpha value is -3.59. The van der Waals surface area contributed by atoms with Crippen LogP contribution in [0.1, 0.15) is 80.5 Å². The summed E-state index contributed by atoms with van der Waals surface area (Å²) in [6, 6.07) is 12.4. The zero-order valence-corrected chi connectivity index (χ0v) is 24.0. The number of para-hydroxylation sites is 1. The fraction of sp³-hybridized carbons (Fsp3) is 0.516. The van der Waals surface area contributed by atoms with Gasteiger partial charge in [-0.2, -0.15) is 0 Å². The van der Waals surface area contributed by atoms with Gasteiger partial charge < -0.3 is 24.8 Å². The molecule has 2 amide bonds. The fourth-order valence-corrected chi connectivity index (χ4v) is 6.23. The molecule has 214 valence electrons. The van der Waals surface area contributed by atoms with Crippen LogP contribution in [0.15, 0.2) is 42.5 Å². The van der Waals surface area contributed by atoms with Gasteiger partial charge in [0.25, 0.3) is 5.91 Å². The van der Waals surface area contributed by atoms with Gasteiger partial charge >= 0.3 is 0 Å². The molecule has 3 N–H and O–H groups in total. The first kappa shape index (κ1) is 28.0. The average molecular weight is 549 g/mol. The van der Waals surface area contributed by atoms with E-state index in [4.69, 9.17) is 19.6 Å². The number of ether oxygens (including phenoxy) is 3. The first-order valence-corrected chi connectivity index (χ1v) is 14.1. The molecule has 40 heavy (non-hydrogen) atoms. The quantitative estimate of drug-likeness (QED) is 0.467. The molecule has 1 saturated heterocycles. The normalized spacial score (nSPS) is 24.6. The number of carbonyl (C=O) groups is 2. The largest absolute Gasteiger partial charge is 0.493 e. The Morgan fingerprint density at radius 3 is 2.55 bits per heavy atom. The lowest BCUT2D eigenvalue weighted by atomic mass is 9.79. The van der Waals surface area contributed by atoms with Crippen molar-refractivity contribution in [1.29, 1.82) is 5.41 Å². The molecular formula is C31H40N4O5. The number of rotatable bonds is 7. The van der Waals surface area contributed by atoms with E-state index in [9.17, 15) is 9.59 Å². The van der Waals surface area contributed by atoms with Crippen LogP contribution in [-0.4, -0.2) is 55.1 Å². The van der Waals surface area contributed by atoms with Crippen molar-refractivity contribution >= 4 is 17.8 Å². The molecule has 3 heterocycles. The van der Waals surface area contributed by atoms with Gasteiger partial charge in [0.2, 0.25) is 5.91 Å². The predicted molar refractivity (Wildman–Crippen MR) is 152 cm³/mol. The molecule has 2 aromatic rings. The van der Waals surface area contributed by atoms with Crippen LogP contribution in [0.4, 0.5) is 0 Å². The number of hydrogen-bond acceptors (Lipinski definition) is 6. The number of hydrogen-bond donors (Lipinski definition) is 3. The minimum atomic E-state index is -0.504. The van der Waals surface area contributed by atoms with Gasteiger partial charge in [-0.15, -0.1) is 0 Å². The molecule has 9 nitrogen and oxygen atoms in total. The third-order valence-electron chi connectivity index (χ3n) is 8.77. The van der Waals surface area contributed by atoms with Gasteiger partial charge in [0.15, 0.2) is 5.96 Å². The molecule has 2 aromatic carbocycles. The molecule has 0 bridgehead atoms. The maximum Gasteiger partial charge on any atom is 0.251 e. The van der Waals surface area contributed by atoms with Crippen LogP contribution < -0.4 is 20.1 Å².